The smallest absolute Gasteiger partial charge is 0.0878 e. The largest absolute Gasteiger partial charge is 0.360 e. The molecule has 6 heteroatoms. The summed E-state index contributed by atoms with van der Waals surface area (Å²) in [6.45, 7) is 0. The zero-order valence-corrected chi connectivity index (χ0v) is 23.2. The lowest BCUT2D eigenvalue weighted by atomic mass is 10.0. The second kappa shape index (κ2) is 11.2. The SMILES string of the molecule is Clc1ccc(Cc2cc(Cc3ccc(Cl)cc3)c(/C=C3\N=C(c4ccc[nH]4)C=C3c3ccc(Cl)cc3)[nH]2)cc1. The molecule has 1 aliphatic rings. The number of aromatic nitrogens is 2. The molecule has 0 saturated carbocycles. The molecule has 0 spiro atoms. The predicted octanol–water partition coefficient (Wildman–Crippen LogP) is 9.41. The number of aliphatic imine (C=N–C) groups is 1. The number of nitrogens with zero attached hydrogens (tertiary/aromatic N) is 1. The van der Waals surface area contributed by atoms with Crippen LogP contribution in [0.1, 0.15) is 39.3 Å². The number of rotatable bonds is 7. The van der Waals surface area contributed by atoms with Crippen molar-refractivity contribution >= 4 is 52.2 Å². The molecule has 0 amide bonds. The molecule has 39 heavy (non-hydrogen) atoms. The fraction of sp³-hybridized carbons (Fsp3) is 0.0606. The van der Waals surface area contributed by atoms with Crippen LogP contribution in [0.4, 0.5) is 0 Å². The van der Waals surface area contributed by atoms with Gasteiger partial charge in [0.25, 0.3) is 0 Å². The Morgan fingerprint density at radius 2 is 1.33 bits per heavy atom. The van der Waals surface area contributed by atoms with Crippen LogP contribution in [0.2, 0.25) is 15.1 Å². The number of aromatic amines is 2. The van der Waals surface area contributed by atoms with Crippen molar-refractivity contribution in [3.05, 3.63) is 163 Å². The van der Waals surface area contributed by atoms with Gasteiger partial charge in [0, 0.05) is 44.6 Å². The van der Waals surface area contributed by atoms with Crippen LogP contribution in [0.5, 0.6) is 0 Å². The van der Waals surface area contributed by atoms with Gasteiger partial charge in [-0.25, -0.2) is 4.99 Å². The third-order valence-corrected chi connectivity index (χ3v) is 7.47. The monoisotopic (exact) mass is 567 g/mol. The minimum atomic E-state index is 0.704. The summed E-state index contributed by atoms with van der Waals surface area (Å²) in [5.74, 6) is 0. The predicted molar refractivity (Wildman–Crippen MR) is 164 cm³/mol. The molecule has 3 heterocycles. The van der Waals surface area contributed by atoms with Crippen LogP contribution in [-0.2, 0) is 12.8 Å². The molecule has 0 radical (unpaired) electrons. The molecule has 0 aliphatic carbocycles. The number of hydrogen-bond donors (Lipinski definition) is 2. The summed E-state index contributed by atoms with van der Waals surface area (Å²) in [5.41, 5.74) is 10.6. The molecule has 0 unspecified atom stereocenters. The quantitative estimate of drug-likeness (QED) is 0.196. The Labute approximate surface area is 242 Å². The molecule has 0 atom stereocenters. The molecule has 0 fully saturated rings. The molecule has 192 valence electrons. The summed E-state index contributed by atoms with van der Waals surface area (Å²) < 4.78 is 0. The lowest BCUT2D eigenvalue weighted by Crippen LogP contribution is -1.93. The lowest BCUT2D eigenvalue weighted by Gasteiger charge is -2.06. The fourth-order valence-corrected chi connectivity index (χ4v) is 5.14. The minimum Gasteiger partial charge on any atom is -0.360 e. The van der Waals surface area contributed by atoms with Crippen molar-refractivity contribution in [2.75, 3.05) is 0 Å². The minimum absolute atomic E-state index is 0.704. The Bertz CT molecular complexity index is 1690. The number of benzene rings is 3. The van der Waals surface area contributed by atoms with E-state index in [4.69, 9.17) is 39.8 Å². The maximum Gasteiger partial charge on any atom is 0.0878 e. The Morgan fingerprint density at radius 3 is 1.95 bits per heavy atom. The highest BCUT2D eigenvalue weighted by Gasteiger charge is 2.19. The summed E-state index contributed by atoms with van der Waals surface area (Å²) in [6.07, 6.45) is 7.71. The Morgan fingerprint density at radius 1 is 0.718 bits per heavy atom. The van der Waals surface area contributed by atoms with Crippen molar-refractivity contribution in [3.63, 3.8) is 0 Å². The van der Waals surface area contributed by atoms with Crippen molar-refractivity contribution in [3.8, 4) is 0 Å². The number of hydrogen-bond acceptors (Lipinski definition) is 1. The highest BCUT2D eigenvalue weighted by atomic mass is 35.5. The molecule has 2 aromatic heterocycles. The molecule has 5 aromatic rings. The van der Waals surface area contributed by atoms with Crippen LogP contribution in [0.3, 0.4) is 0 Å². The van der Waals surface area contributed by atoms with E-state index in [1.165, 1.54) is 16.7 Å². The number of H-pyrrole nitrogens is 2. The molecule has 3 nitrogen and oxygen atoms in total. The zero-order chi connectivity index (χ0) is 26.8. The van der Waals surface area contributed by atoms with Crippen molar-refractivity contribution < 1.29 is 0 Å². The fourth-order valence-electron chi connectivity index (χ4n) is 4.76. The van der Waals surface area contributed by atoms with Gasteiger partial charge in [-0.15, -0.1) is 0 Å². The van der Waals surface area contributed by atoms with E-state index in [-0.39, 0.29) is 0 Å². The Kier molecular flexibility index (Phi) is 7.30. The first-order valence-electron chi connectivity index (χ1n) is 12.6. The zero-order valence-electron chi connectivity index (χ0n) is 20.9. The van der Waals surface area contributed by atoms with E-state index in [1.54, 1.807) is 0 Å². The Hall–Kier alpha value is -3.76. The van der Waals surface area contributed by atoms with Gasteiger partial charge in [-0.2, -0.15) is 0 Å². The van der Waals surface area contributed by atoms with Crippen molar-refractivity contribution in [1.82, 2.24) is 9.97 Å². The standard InChI is InChI=1S/C33H24Cl3N3/c34-25-9-3-21(4-10-25)16-24-18-28(17-22-5-11-26(35)12-6-22)38-31(24)20-32-29(23-7-13-27(36)14-8-23)19-33(39-32)30-2-1-15-37-30/h1-15,18-20,37-38H,16-17H2/b32-20-. The molecular weight excluding hydrogens is 545 g/mol. The maximum atomic E-state index is 6.19. The molecule has 3 aromatic carbocycles. The summed E-state index contributed by atoms with van der Waals surface area (Å²) in [7, 11) is 0. The Balaban J connectivity index is 1.42. The first-order chi connectivity index (χ1) is 19.0. The summed E-state index contributed by atoms with van der Waals surface area (Å²) >= 11 is 18.4. The van der Waals surface area contributed by atoms with Crippen molar-refractivity contribution in [1.29, 1.82) is 0 Å². The van der Waals surface area contributed by atoms with Gasteiger partial charge in [-0.05, 0) is 95.4 Å². The van der Waals surface area contributed by atoms with Crippen LogP contribution in [0, 0.1) is 0 Å². The van der Waals surface area contributed by atoms with Crippen molar-refractivity contribution in [2.24, 2.45) is 4.99 Å². The van der Waals surface area contributed by atoms with E-state index in [0.29, 0.717) is 5.02 Å². The summed E-state index contributed by atoms with van der Waals surface area (Å²) in [6, 6.07) is 30.1. The molecule has 6 rings (SSSR count). The highest BCUT2D eigenvalue weighted by Crippen LogP contribution is 2.34. The molecule has 2 N–H and O–H groups in total. The topological polar surface area (TPSA) is 43.9 Å². The van der Waals surface area contributed by atoms with Gasteiger partial charge in [-0.3, -0.25) is 0 Å². The van der Waals surface area contributed by atoms with E-state index in [2.05, 4.69) is 52.5 Å². The van der Waals surface area contributed by atoms with Crippen LogP contribution < -0.4 is 0 Å². The number of halogens is 3. The normalized spacial score (nSPS) is 14.1. The van der Waals surface area contributed by atoms with Gasteiger partial charge in [0.2, 0.25) is 0 Å². The molecule has 0 bridgehead atoms. The van der Waals surface area contributed by atoms with E-state index in [0.717, 1.165) is 62.5 Å². The summed E-state index contributed by atoms with van der Waals surface area (Å²) in [5, 5.41) is 2.17. The average Bonchev–Trinajstić information content (AvgIpc) is 3.69. The molecule has 0 saturated heterocycles. The van der Waals surface area contributed by atoms with Crippen LogP contribution in [0.15, 0.2) is 114 Å². The van der Waals surface area contributed by atoms with Gasteiger partial charge < -0.3 is 9.97 Å². The van der Waals surface area contributed by atoms with Crippen molar-refractivity contribution in [2.45, 2.75) is 12.8 Å². The van der Waals surface area contributed by atoms with E-state index in [1.807, 2.05) is 66.9 Å². The van der Waals surface area contributed by atoms with Gasteiger partial charge in [0.1, 0.15) is 0 Å². The van der Waals surface area contributed by atoms with Gasteiger partial charge in [0.05, 0.1) is 17.1 Å². The third-order valence-electron chi connectivity index (χ3n) is 6.71. The maximum absolute atomic E-state index is 6.19. The van der Waals surface area contributed by atoms with Crippen LogP contribution >= 0.6 is 34.8 Å². The second-order valence-corrected chi connectivity index (χ2v) is 10.8. The molecule has 1 aliphatic heterocycles. The summed E-state index contributed by atoms with van der Waals surface area (Å²) in [4.78, 5) is 12.0. The average molecular weight is 569 g/mol. The van der Waals surface area contributed by atoms with Gasteiger partial charge >= 0.3 is 0 Å². The molecular formula is C33H24Cl3N3. The second-order valence-electron chi connectivity index (χ2n) is 9.52. The first kappa shape index (κ1) is 25.5. The van der Waals surface area contributed by atoms with Crippen LogP contribution in [0.25, 0.3) is 11.6 Å². The number of allylic oxidation sites excluding steroid dienone is 2. The van der Waals surface area contributed by atoms with Gasteiger partial charge in [-0.1, -0.05) is 71.2 Å². The lowest BCUT2D eigenvalue weighted by molar-refractivity contribution is 1.10. The third kappa shape index (κ3) is 5.97. The van der Waals surface area contributed by atoms with E-state index < -0.39 is 0 Å². The highest BCUT2D eigenvalue weighted by molar-refractivity contribution is 6.31. The van der Waals surface area contributed by atoms with Crippen LogP contribution in [-0.4, -0.2) is 15.7 Å². The number of nitrogens with one attached hydrogen (secondary N) is 2. The first-order valence-corrected chi connectivity index (χ1v) is 13.8. The van der Waals surface area contributed by atoms with Gasteiger partial charge in [0.15, 0.2) is 0 Å². The van der Waals surface area contributed by atoms with E-state index >= 15 is 0 Å². The van der Waals surface area contributed by atoms with E-state index in [9.17, 15) is 0 Å².